The van der Waals surface area contributed by atoms with Crippen molar-refractivity contribution >= 4 is 34.4 Å². The summed E-state index contributed by atoms with van der Waals surface area (Å²) in [5.41, 5.74) is 2.90. The molecule has 146 valence electrons. The zero-order valence-electron chi connectivity index (χ0n) is 15.7. The normalized spacial score (nSPS) is 11.9. The molecule has 2 N–H and O–H groups in total. The lowest BCUT2D eigenvalue weighted by atomic mass is 10.0. The molecule has 2 aromatic carbocycles. The number of nitrogens with one attached hydrogen (secondary N) is 2. The first kappa shape index (κ1) is 19.9. The lowest BCUT2D eigenvalue weighted by Crippen LogP contribution is -2.33. The predicted octanol–water partition coefficient (Wildman–Crippen LogP) is 3.46. The number of amides is 2. The van der Waals surface area contributed by atoms with Crippen LogP contribution in [0.1, 0.15) is 31.4 Å². The number of nitrogens with zero attached hydrogens (tertiary/aromatic N) is 2. The van der Waals surface area contributed by atoms with Gasteiger partial charge in [-0.25, -0.2) is 4.98 Å². The monoisotopic (exact) mass is 398 g/mol. The minimum absolute atomic E-state index is 0.107. The molecule has 1 heterocycles. The number of carbonyl (C=O) groups excluding carboxylic acids is 2. The van der Waals surface area contributed by atoms with Crippen molar-refractivity contribution in [3.05, 3.63) is 65.4 Å². The average Bonchev–Trinajstić information content (AvgIpc) is 3.08. The van der Waals surface area contributed by atoms with Crippen molar-refractivity contribution in [3.63, 3.8) is 0 Å². The van der Waals surface area contributed by atoms with Gasteiger partial charge in [0.1, 0.15) is 0 Å². The Kier molecular flexibility index (Phi) is 6.66. The summed E-state index contributed by atoms with van der Waals surface area (Å²) >= 11 is 5.92. The van der Waals surface area contributed by atoms with Gasteiger partial charge in [-0.05, 0) is 36.2 Å². The average molecular weight is 399 g/mol. The van der Waals surface area contributed by atoms with Gasteiger partial charge in [0.05, 0.1) is 29.8 Å². The fraction of sp³-hybridized carbons (Fsp3) is 0.286. The van der Waals surface area contributed by atoms with Crippen molar-refractivity contribution in [2.75, 3.05) is 6.54 Å². The van der Waals surface area contributed by atoms with Crippen LogP contribution in [-0.2, 0) is 16.1 Å². The van der Waals surface area contributed by atoms with Crippen LogP contribution in [0.2, 0.25) is 5.02 Å². The first-order chi connectivity index (χ1) is 13.5. The topological polar surface area (TPSA) is 76.0 Å². The van der Waals surface area contributed by atoms with Crippen LogP contribution >= 0.6 is 11.6 Å². The third-order valence-electron chi connectivity index (χ3n) is 4.46. The SMILES string of the molecule is CC(=O)NC(CC(=O)NCCCn1cnc2ccccc21)c1ccc(Cl)cc1. The number of aromatic nitrogens is 2. The van der Waals surface area contributed by atoms with Gasteiger partial charge in [-0.15, -0.1) is 0 Å². The first-order valence-electron chi connectivity index (χ1n) is 9.22. The van der Waals surface area contributed by atoms with Gasteiger partial charge in [0.15, 0.2) is 0 Å². The number of hydrogen-bond acceptors (Lipinski definition) is 3. The third-order valence-corrected chi connectivity index (χ3v) is 4.72. The second-order valence-corrected chi connectivity index (χ2v) is 7.08. The number of fused-ring (bicyclic) bond motifs is 1. The summed E-state index contributed by atoms with van der Waals surface area (Å²) in [6.45, 7) is 2.77. The summed E-state index contributed by atoms with van der Waals surface area (Å²) in [5.74, 6) is -0.288. The Morgan fingerprint density at radius 1 is 1.14 bits per heavy atom. The van der Waals surface area contributed by atoms with Crippen molar-refractivity contribution in [2.45, 2.75) is 32.4 Å². The van der Waals surface area contributed by atoms with E-state index in [1.54, 1.807) is 12.1 Å². The maximum Gasteiger partial charge on any atom is 0.222 e. The molecule has 0 aliphatic heterocycles. The quantitative estimate of drug-likeness (QED) is 0.570. The maximum atomic E-state index is 12.3. The molecule has 1 unspecified atom stereocenters. The molecule has 0 saturated heterocycles. The molecule has 0 bridgehead atoms. The number of para-hydroxylation sites is 2. The molecule has 7 heteroatoms. The fourth-order valence-corrected chi connectivity index (χ4v) is 3.24. The van der Waals surface area contributed by atoms with E-state index in [1.807, 2.05) is 42.7 Å². The van der Waals surface area contributed by atoms with Gasteiger partial charge in [-0.1, -0.05) is 35.9 Å². The van der Waals surface area contributed by atoms with Crippen LogP contribution < -0.4 is 10.6 Å². The summed E-state index contributed by atoms with van der Waals surface area (Å²) in [6.07, 6.45) is 2.78. The second-order valence-electron chi connectivity index (χ2n) is 6.64. The smallest absolute Gasteiger partial charge is 0.222 e. The number of halogens is 1. The zero-order chi connectivity index (χ0) is 19.9. The lowest BCUT2D eigenvalue weighted by molar-refractivity contribution is -0.122. The number of hydrogen-bond donors (Lipinski definition) is 2. The molecule has 0 radical (unpaired) electrons. The van der Waals surface area contributed by atoms with E-state index >= 15 is 0 Å². The predicted molar refractivity (Wildman–Crippen MR) is 110 cm³/mol. The molecule has 2 amide bonds. The first-order valence-corrected chi connectivity index (χ1v) is 9.60. The second kappa shape index (κ2) is 9.37. The van der Waals surface area contributed by atoms with E-state index in [9.17, 15) is 9.59 Å². The fourth-order valence-electron chi connectivity index (χ4n) is 3.12. The highest BCUT2D eigenvalue weighted by atomic mass is 35.5. The number of imidazole rings is 1. The maximum absolute atomic E-state index is 12.3. The van der Waals surface area contributed by atoms with E-state index in [4.69, 9.17) is 11.6 Å². The van der Waals surface area contributed by atoms with Crippen LogP contribution in [0.25, 0.3) is 11.0 Å². The van der Waals surface area contributed by atoms with E-state index in [0.29, 0.717) is 11.6 Å². The van der Waals surface area contributed by atoms with Crippen molar-refractivity contribution in [2.24, 2.45) is 0 Å². The number of benzene rings is 2. The molecule has 0 saturated carbocycles. The van der Waals surface area contributed by atoms with Crippen LogP contribution in [0.3, 0.4) is 0 Å². The van der Waals surface area contributed by atoms with Gasteiger partial charge < -0.3 is 15.2 Å². The Hall–Kier alpha value is -2.86. The Balaban J connectivity index is 1.50. The van der Waals surface area contributed by atoms with E-state index in [2.05, 4.69) is 20.2 Å². The van der Waals surface area contributed by atoms with Gasteiger partial charge in [-0.3, -0.25) is 9.59 Å². The molecule has 3 rings (SSSR count). The lowest BCUT2D eigenvalue weighted by Gasteiger charge is -2.18. The molecular formula is C21H23ClN4O2. The number of carbonyl (C=O) groups is 2. The molecule has 0 fully saturated rings. The Morgan fingerprint density at radius 2 is 1.89 bits per heavy atom. The van der Waals surface area contributed by atoms with Gasteiger partial charge in [0.25, 0.3) is 0 Å². The summed E-state index contributed by atoms with van der Waals surface area (Å²) in [6, 6.07) is 14.7. The Morgan fingerprint density at radius 3 is 2.64 bits per heavy atom. The highest BCUT2D eigenvalue weighted by Crippen LogP contribution is 2.19. The zero-order valence-corrected chi connectivity index (χ0v) is 16.4. The van der Waals surface area contributed by atoms with E-state index < -0.39 is 0 Å². The van der Waals surface area contributed by atoms with Crippen LogP contribution in [0.15, 0.2) is 54.9 Å². The highest BCUT2D eigenvalue weighted by Gasteiger charge is 2.17. The van der Waals surface area contributed by atoms with Gasteiger partial charge in [0, 0.05) is 25.0 Å². The van der Waals surface area contributed by atoms with Crippen LogP contribution in [-0.4, -0.2) is 27.9 Å². The van der Waals surface area contributed by atoms with Gasteiger partial charge >= 0.3 is 0 Å². The summed E-state index contributed by atoms with van der Waals surface area (Å²) in [5, 5.41) is 6.36. The third kappa shape index (κ3) is 5.33. The summed E-state index contributed by atoms with van der Waals surface area (Å²) < 4.78 is 2.08. The molecule has 28 heavy (non-hydrogen) atoms. The van der Waals surface area contributed by atoms with Crippen molar-refractivity contribution in [1.82, 2.24) is 20.2 Å². The minimum atomic E-state index is -0.382. The van der Waals surface area contributed by atoms with Crippen molar-refractivity contribution < 1.29 is 9.59 Å². The molecular weight excluding hydrogens is 376 g/mol. The number of rotatable bonds is 8. The van der Waals surface area contributed by atoms with Gasteiger partial charge in [0.2, 0.25) is 11.8 Å². The highest BCUT2D eigenvalue weighted by molar-refractivity contribution is 6.30. The molecule has 6 nitrogen and oxygen atoms in total. The van der Waals surface area contributed by atoms with Crippen LogP contribution in [0.4, 0.5) is 0 Å². The molecule has 3 aromatic rings. The van der Waals surface area contributed by atoms with Crippen molar-refractivity contribution in [1.29, 1.82) is 0 Å². The molecule has 0 spiro atoms. The molecule has 0 aliphatic carbocycles. The summed E-state index contributed by atoms with van der Waals surface area (Å²) in [4.78, 5) is 28.2. The minimum Gasteiger partial charge on any atom is -0.356 e. The van der Waals surface area contributed by atoms with E-state index in [1.165, 1.54) is 6.92 Å². The van der Waals surface area contributed by atoms with Gasteiger partial charge in [-0.2, -0.15) is 0 Å². The summed E-state index contributed by atoms with van der Waals surface area (Å²) in [7, 11) is 0. The van der Waals surface area contributed by atoms with E-state index in [-0.39, 0.29) is 24.3 Å². The Labute approximate surface area is 168 Å². The Bertz CT molecular complexity index is 952. The molecule has 0 aliphatic rings. The molecule has 1 aromatic heterocycles. The largest absolute Gasteiger partial charge is 0.356 e. The molecule has 1 atom stereocenters. The number of aryl methyl sites for hydroxylation is 1. The van der Waals surface area contributed by atoms with Crippen LogP contribution in [0.5, 0.6) is 0 Å². The van der Waals surface area contributed by atoms with Crippen LogP contribution in [0, 0.1) is 0 Å². The standard InChI is InChI=1S/C21H23ClN4O2/c1-15(27)25-19(16-7-9-17(22)10-8-16)13-21(28)23-11-4-12-26-14-24-18-5-2-3-6-20(18)26/h2-3,5-10,14,19H,4,11-13H2,1H3,(H,23,28)(H,25,27). The van der Waals surface area contributed by atoms with E-state index in [0.717, 1.165) is 29.6 Å². The van der Waals surface area contributed by atoms with Crippen molar-refractivity contribution in [3.8, 4) is 0 Å².